The molecule has 3 rings (SSSR count). The molecule has 0 unspecified atom stereocenters. The van der Waals surface area contributed by atoms with E-state index in [1.54, 1.807) is 13.8 Å². The Bertz CT molecular complexity index is 1090. The van der Waals surface area contributed by atoms with Crippen LogP contribution >= 0.6 is 12.2 Å². The van der Waals surface area contributed by atoms with E-state index in [0.717, 1.165) is 12.1 Å². The summed E-state index contributed by atoms with van der Waals surface area (Å²) >= 11 is 5.46. The minimum atomic E-state index is -4.47. The van der Waals surface area contributed by atoms with Gasteiger partial charge in [0, 0.05) is 5.69 Å². The van der Waals surface area contributed by atoms with Gasteiger partial charge in [-0.25, -0.2) is 0 Å². The van der Waals surface area contributed by atoms with Crippen LogP contribution in [-0.2, 0) is 11.0 Å². The van der Waals surface area contributed by atoms with Crippen LogP contribution in [0.1, 0.15) is 30.5 Å². The number of amides is 1. The molecular formula is C20H13F3N4OS. The predicted molar refractivity (Wildman–Crippen MR) is 104 cm³/mol. The summed E-state index contributed by atoms with van der Waals surface area (Å²) in [6, 6.07) is 12.5. The van der Waals surface area contributed by atoms with Gasteiger partial charge in [-0.15, -0.1) is 0 Å². The average Bonchev–Trinajstić information content (AvgIpc) is 2.85. The first kappa shape index (κ1) is 20.3. The van der Waals surface area contributed by atoms with E-state index in [-0.39, 0.29) is 16.2 Å². The lowest BCUT2D eigenvalue weighted by molar-refractivity contribution is -0.137. The second-order valence-electron chi connectivity index (χ2n) is 6.82. The summed E-state index contributed by atoms with van der Waals surface area (Å²) in [7, 11) is 0. The van der Waals surface area contributed by atoms with Crippen molar-refractivity contribution in [2.45, 2.75) is 25.6 Å². The normalized spacial score (nSPS) is 16.0. The SMILES string of the molecule is CC1(C)C(=O)N(c2ccc(C#N)c(C#N)c2)C(=S)N1c1ccc(C(F)(F)F)cc1. The Morgan fingerprint density at radius 3 is 2.03 bits per heavy atom. The highest BCUT2D eigenvalue weighted by molar-refractivity contribution is 7.81. The zero-order valence-corrected chi connectivity index (χ0v) is 16.1. The molecule has 146 valence electrons. The van der Waals surface area contributed by atoms with Crippen LogP contribution < -0.4 is 9.80 Å². The molecule has 1 aliphatic heterocycles. The van der Waals surface area contributed by atoms with Crippen LogP contribution in [0.4, 0.5) is 24.5 Å². The highest BCUT2D eigenvalue weighted by atomic mass is 32.1. The minimum Gasteiger partial charge on any atom is -0.304 e. The number of nitriles is 2. The molecule has 5 nitrogen and oxygen atoms in total. The first-order chi connectivity index (χ1) is 13.5. The molecule has 1 aliphatic rings. The van der Waals surface area contributed by atoms with Gasteiger partial charge >= 0.3 is 6.18 Å². The van der Waals surface area contributed by atoms with E-state index in [1.165, 1.54) is 40.1 Å². The van der Waals surface area contributed by atoms with Crippen molar-refractivity contribution < 1.29 is 18.0 Å². The van der Waals surface area contributed by atoms with E-state index < -0.39 is 23.2 Å². The van der Waals surface area contributed by atoms with Gasteiger partial charge in [0.05, 0.1) is 22.4 Å². The van der Waals surface area contributed by atoms with Crippen molar-refractivity contribution >= 4 is 34.6 Å². The van der Waals surface area contributed by atoms with Crippen molar-refractivity contribution in [1.29, 1.82) is 10.5 Å². The summed E-state index contributed by atoms with van der Waals surface area (Å²) < 4.78 is 38.6. The molecule has 9 heteroatoms. The molecule has 0 bridgehead atoms. The van der Waals surface area contributed by atoms with Crippen LogP contribution in [0.25, 0.3) is 0 Å². The van der Waals surface area contributed by atoms with E-state index in [9.17, 15) is 23.2 Å². The number of rotatable bonds is 2. The van der Waals surface area contributed by atoms with Crippen LogP contribution in [0, 0.1) is 22.7 Å². The number of thiocarbonyl (C=S) groups is 1. The smallest absolute Gasteiger partial charge is 0.304 e. The summed E-state index contributed by atoms with van der Waals surface area (Å²) in [4.78, 5) is 15.8. The lowest BCUT2D eigenvalue weighted by Crippen LogP contribution is -2.44. The third-order valence-corrected chi connectivity index (χ3v) is 4.99. The maximum atomic E-state index is 13.1. The standard InChI is InChI=1S/C20H13F3N4OS/c1-19(2)17(28)26(16-6-3-12(10-24)13(9-16)11-25)18(29)27(19)15-7-4-14(5-8-15)20(21,22)23/h3-9H,1-2H3. The van der Waals surface area contributed by atoms with Gasteiger partial charge in [0.25, 0.3) is 5.91 Å². The van der Waals surface area contributed by atoms with Crippen molar-refractivity contribution in [1.82, 2.24) is 0 Å². The Morgan fingerprint density at radius 1 is 0.966 bits per heavy atom. The molecule has 0 saturated carbocycles. The first-order valence-electron chi connectivity index (χ1n) is 8.32. The zero-order chi connectivity index (χ0) is 21.6. The number of hydrogen-bond acceptors (Lipinski definition) is 4. The van der Waals surface area contributed by atoms with Crippen molar-refractivity contribution in [2.24, 2.45) is 0 Å². The molecule has 0 aliphatic carbocycles. The van der Waals surface area contributed by atoms with E-state index in [0.29, 0.717) is 11.4 Å². The number of carbonyl (C=O) groups is 1. The fourth-order valence-electron chi connectivity index (χ4n) is 3.12. The number of halogens is 3. The predicted octanol–water partition coefficient (Wildman–Crippen LogP) is 4.37. The first-order valence-corrected chi connectivity index (χ1v) is 8.73. The fourth-order valence-corrected chi connectivity index (χ4v) is 3.64. The van der Waals surface area contributed by atoms with E-state index in [1.807, 2.05) is 12.1 Å². The van der Waals surface area contributed by atoms with Gasteiger partial charge in [0.2, 0.25) is 0 Å². The van der Waals surface area contributed by atoms with Crippen LogP contribution in [0.3, 0.4) is 0 Å². The molecular weight excluding hydrogens is 401 g/mol. The molecule has 0 aromatic heterocycles. The number of benzene rings is 2. The van der Waals surface area contributed by atoms with Crippen molar-refractivity contribution in [2.75, 3.05) is 9.80 Å². The highest BCUT2D eigenvalue weighted by Crippen LogP contribution is 2.38. The Hall–Kier alpha value is -3.43. The van der Waals surface area contributed by atoms with E-state index >= 15 is 0 Å². The summed E-state index contributed by atoms with van der Waals surface area (Å²) in [5.41, 5.74) is -1.09. The highest BCUT2D eigenvalue weighted by Gasteiger charge is 2.50. The molecule has 0 N–H and O–H groups in total. The van der Waals surface area contributed by atoms with Gasteiger partial charge in [-0.05, 0) is 68.5 Å². The third-order valence-electron chi connectivity index (χ3n) is 4.62. The van der Waals surface area contributed by atoms with Crippen LogP contribution in [-0.4, -0.2) is 16.6 Å². The number of alkyl halides is 3. The molecule has 29 heavy (non-hydrogen) atoms. The molecule has 1 saturated heterocycles. The van der Waals surface area contributed by atoms with Gasteiger partial charge in [-0.1, -0.05) is 0 Å². The number of carbonyl (C=O) groups excluding carboxylic acids is 1. The monoisotopic (exact) mass is 414 g/mol. The van der Waals surface area contributed by atoms with Crippen LogP contribution in [0.2, 0.25) is 0 Å². The van der Waals surface area contributed by atoms with Gasteiger partial charge in [0.15, 0.2) is 5.11 Å². The quantitative estimate of drug-likeness (QED) is 0.683. The van der Waals surface area contributed by atoms with Crippen molar-refractivity contribution in [3.63, 3.8) is 0 Å². The number of anilines is 2. The topological polar surface area (TPSA) is 71.1 Å². The van der Waals surface area contributed by atoms with Gasteiger partial charge in [-0.3, -0.25) is 9.69 Å². The molecule has 0 radical (unpaired) electrons. The minimum absolute atomic E-state index is 0.0633. The van der Waals surface area contributed by atoms with Gasteiger partial charge in [-0.2, -0.15) is 23.7 Å². The molecule has 0 atom stereocenters. The van der Waals surface area contributed by atoms with Crippen LogP contribution in [0.5, 0.6) is 0 Å². The maximum absolute atomic E-state index is 13.1. The number of hydrogen-bond donors (Lipinski definition) is 0. The van der Waals surface area contributed by atoms with Crippen LogP contribution in [0.15, 0.2) is 42.5 Å². The van der Waals surface area contributed by atoms with Crippen molar-refractivity contribution in [3.8, 4) is 12.1 Å². The van der Waals surface area contributed by atoms with Crippen molar-refractivity contribution in [3.05, 3.63) is 59.2 Å². The molecule has 1 amide bonds. The second-order valence-corrected chi connectivity index (χ2v) is 7.18. The Morgan fingerprint density at radius 2 is 1.52 bits per heavy atom. The molecule has 1 heterocycles. The van der Waals surface area contributed by atoms with E-state index in [4.69, 9.17) is 17.5 Å². The molecule has 0 spiro atoms. The van der Waals surface area contributed by atoms with Gasteiger partial charge in [0.1, 0.15) is 17.7 Å². The Kier molecular flexibility index (Phi) is 4.81. The summed E-state index contributed by atoms with van der Waals surface area (Å²) in [6.07, 6.45) is -4.47. The summed E-state index contributed by atoms with van der Waals surface area (Å²) in [6.45, 7) is 3.21. The maximum Gasteiger partial charge on any atom is 0.416 e. The largest absolute Gasteiger partial charge is 0.416 e. The summed E-state index contributed by atoms with van der Waals surface area (Å²) in [5.74, 6) is -0.406. The van der Waals surface area contributed by atoms with Gasteiger partial charge < -0.3 is 4.90 Å². The molecule has 1 fully saturated rings. The number of nitrogens with zero attached hydrogens (tertiary/aromatic N) is 4. The lowest BCUT2D eigenvalue weighted by Gasteiger charge is -2.29. The fraction of sp³-hybridized carbons (Fsp3) is 0.200. The second kappa shape index (κ2) is 6.87. The lowest BCUT2D eigenvalue weighted by atomic mass is 10.0. The molecule has 2 aromatic carbocycles. The Labute approximate surface area is 170 Å². The zero-order valence-electron chi connectivity index (χ0n) is 15.3. The Balaban J connectivity index is 2.05. The average molecular weight is 414 g/mol. The van der Waals surface area contributed by atoms with E-state index in [2.05, 4.69) is 0 Å². The third kappa shape index (κ3) is 3.30. The summed E-state index contributed by atoms with van der Waals surface area (Å²) in [5, 5.41) is 18.4. The molecule has 2 aromatic rings.